The van der Waals surface area contributed by atoms with Crippen LogP contribution >= 0.6 is 23.2 Å². The zero-order valence-electron chi connectivity index (χ0n) is 9.29. The van der Waals surface area contributed by atoms with E-state index in [0.29, 0.717) is 0 Å². The van der Waals surface area contributed by atoms with Crippen molar-refractivity contribution in [3.63, 3.8) is 0 Å². The maximum absolute atomic E-state index is 10.3. The molecule has 0 saturated carbocycles. The van der Waals surface area contributed by atoms with Crippen molar-refractivity contribution >= 4 is 29.2 Å². The predicted octanol–water partition coefficient (Wildman–Crippen LogP) is 1.58. The molecular formula is C7H12Cl2N2O6. The van der Waals surface area contributed by atoms with Gasteiger partial charge in [-0.1, -0.05) is 23.2 Å². The maximum Gasteiger partial charge on any atom is 0.337 e. The Morgan fingerprint density at radius 1 is 1.29 bits per heavy atom. The van der Waals surface area contributed by atoms with Crippen LogP contribution in [0.5, 0.6) is 0 Å². The molecule has 0 aromatic carbocycles. The van der Waals surface area contributed by atoms with Crippen LogP contribution in [0.3, 0.4) is 0 Å². The minimum atomic E-state index is -1.50. The topological polar surface area (TPSA) is 124 Å². The highest BCUT2D eigenvalue weighted by Gasteiger charge is 2.46. The van der Waals surface area contributed by atoms with Gasteiger partial charge in [-0.3, -0.25) is 20.2 Å². The molecule has 0 aliphatic rings. The first-order chi connectivity index (χ1) is 7.44. The molecule has 0 fully saturated rings. The number of nitro groups is 2. The van der Waals surface area contributed by atoms with Crippen LogP contribution in [0.2, 0.25) is 0 Å². The molecule has 10 heteroatoms. The van der Waals surface area contributed by atoms with Gasteiger partial charge in [0.2, 0.25) is 4.84 Å². The van der Waals surface area contributed by atoms with E-state index in [0.717, 1.165) is 0 Å². The molecule has 0 rings (SSSR count). The summed E-state index contributed by atoms with van der Waals surface area (Å²) in [7, 11) is 0. The highest BCUT2D eigenvalue weighted by Crippen LogP contribution is 2.15. The number of nitrogens with zero attached hydrogens (tertiary/aromatic N) is 2. The lowest BCUT2D eigenvalue weighted by molar-refractivity contribution is -0.643. The molecule has 100 valence electrons. The lowest BCUT2D eigenvalue weighted by atomic mass is 9.98. The number of carboxylic acids is 1. The molecule has 0 saturated heterocycles. The van der Waals surface area contributed by atoms with Crippen LogP contribution in [-0.2, 0) is 4.79 Å². The van der Waals surface area contributed by atoms with E-state index in [4.69, 9.17) is 28.3 Å². The second-order valence-electron chi connectivity index (χ2n) is 3.51. The SMILES string of the molecule is CC([N+](=O)[O-])C(C)(C)[N+](=O)[O-].O=C(O)C(Cl)Cl. The second kappa shape index (κ2) is 7.23. The highest BCUT2D eigenvalue weighted by molar-refractivity contribution is 6.52. The third-order valence-corrected chi connectivity index (χ3v) is 2.37. The van der Waals surface area contributed by atoms with Crippen molar-refractivity contribution in [3.8, 4) is 0 Å². The summed E-state index contributed by atoms with van der Waals surface area (Å²) in [6.07, 6.45) is 0. The molecule has 0 aromatic heterocycles. The fourth-order valence-corrected chi connectivity index (χ4v) is 0.411. The van der Waals surface area contributed by atoms with Crippen LogP contribution in [-0.4, -0.2) is 37.3 Å². The Hall–Kier alpha value is -1.15. The second-order valence-corrected chi connectivity index (χ2v) is 4.61. The average molecular weight is 291 g/mol. The minimum absolute atomic E-state index is 0.638. The summed E-state index contributed by atoms with van der Waals surface area (Å²) in [5, 5.41) is 28.1. The number of hydrogen-bond acceptors (Lipinski definition) is 5. The molecule has 0 amide bonds. The van der Waals surface area contributed by atoms with E-state index in [9.17, 15) is 25.0 Å². The lowest BCUT2D eigenvalue weighted by Gasteiger charge is -2.15. The van der Waals surface area contributed by atoms with Crippen LogP contribution in [0.1, 0.15) is 20.8 Å². The molecule has 0 spiro atoms. The summed E-state index contributed by atoms with van der Waals surface area (Å²) < 4.78 is 0. The molecule has 1 N–H and O–H groups in total. The Morgan fingerprint density at radius 2 is 1.59 bits per heavy atom. The van der Waals surface area contributed by atoms with Gasteiger partial charge in [0.1, 0.15) is 0 Å². The van der Waals surface area contributed by atoms with E-state index in [2.05, 4.69) is 0 Å². The number of rotatable bonds is 4. The van der Waals surface area contributed by atoms with Gasteiger partial charge in [-0.05, 0) is 0 Å². The molecule has 1 atom stereocenters. The Balaban J connectivity index is 0. The van der Waals surface area contributed by atoms with Gasteiger partial charge in [-0.15, -0.1) is 0 Å². The minimum Gasteiger partial charge on any atom is -0.479 e. The fraction of sp³-hybridized carbons (Fsp3) is 0.857. The van der Waals surface area contributed by atoms with Crippen LogP contribution in [0, 0.1) is 20.2 Å². The standard InChI is InChI=1S/C5H10N2O4.C2H2Cl2O2/c1-4(6(8)9)5(2,3)7(10)11;3-1(4)2(5)6/h4H,1-3H3;1H,(H,5,6). The molecule has 17 heavy (non-hydrogen) atoms. The summed E-state index contributed by atoms with van der Waals surface area (Å²) >= 11 is 9.56. The van der Waals surface area contributed by atoms with Gasteiger partial charge in [-0.2, -0.15) is 0 Å². The van der Waals surface area contributed by atoms with Crippen LogP contribution in [0.4, 0.5) is 0 Å². The molecule has 0 bridgehead atoms. The highest BCUT2D eigenvalue weighted by atomic mass is 35.5. The number of halogens is 2. The van der Waals surface area contributed by atoms with Crippen LogP contribution in [0.15, 0.2) is 0 Å². The molecule has 8 nitrogen and oxygen atoms in total. The van der Waals surface area contributed by atoms with Gasteiger partial charge >= 0.3 is 5.97 Å². The molecule has 0 aliphatic heterocycles. The van der Waals surface area contributed by atoms with Crippen molar-refractivity contribution in [1.82, 2.24) is 0 Å². The zero-order valence-corrected chi connectivity index (χ0v) is 10.8. The van der Waals surface area contributed by atoms with Crippen molar-refractivity contribution in [2.45, 2.75) is 37.2 Å². The summed E-state index contributed by atoms with van der Waals surface area (Å²) in [6.45, 7) is 3.70. The zero-order chi connectivity index (χ0) is 14.4. The van der Waals surface area contributed by atoms with E-state index in [1.54, 1.807) is 0 Å². The van der Waals surface area contributed by atoms with E-state index >= 15 is 0 Å². The van der Waals surface area contributed by atoms with E-state index in [-0.39, 0.29) is 0 Å². The normalized spacial score (nSPS) is 12.4. The van der Waals surface area contributed by atoms with Gasteiger partial charge in [0.05, 0.1) is 0 Å². The first-order valence-corrected chi connectivity index (χ1v) is 5.10. The number of carboxylic acid groups (broad SMARTS) is 1. The summed E-state index contributed by atoms with van der Waals surface area (Å²) in [5.74, 6) is -1.21. The summed E-state index contributed by atoms with van der Waals surface area (Å²) in [5.41, 5.74) is -1.50. The van der Waals surface area contributed by atoms with Crippen molar-refractivity contribution in [2.24, 2.45) is 0 Å². The van der Waals surface area contributed by atoms with E-state index in [1.165, 1.54) is 20.8 Å². The number of alkyl halides is 2. The van der Waals surface area contributed by atoms with Gasteiger partial charge in [0.15, 0.2) is 0 Å². The van der Waals surface area contributed by atoms with Crippen molar-refractivity contribution in [3.05, 3.63) is 20.2 Å². The third-order valence-electron chi connectivity index (χ3n) is 2.00. The molecule has 0 aliphatic carbocycles. The Kier molecular flexibility index (Phi) is 7.75. The van der Waals surface area contributed by atoms with E-state index < -0.39 is 32.2 Å². The monoisotopic (exact) mass is 290 g/mol. The van der Waals surface area contributed by atoms with E-state index in [1.807, 2.05) is 0 Å². The number of aliphatic carboxylic acids is 1. The van der Waals surface area contributed by atoms with Gasteiger partial charge in [0, 0.05) is 30.6 Å². The van der Waals surface area contributed by atoms with Gasteiger partial charge < -0.3 is 5.11 Å². The smallest absolute Gasteiger partial charge is 0.337 e. The van der Waals surface area contributed by atoms with Crippen LogP contribution in [0.25, 0.3) is 0 Å². The fourth-order valence-electron chi connectivity index (χ4n) is 0.411. The summed E-state index contributed by atoms with van der Waals surface area (Å²) in [6, 6.07) is -1.17. The number of hydrogen-bond donors (Lipinski definition) is 1. The van der Waals surface area contributed by atoms with Gasteiger partial charge in [0.25, 0.3) is 11.6 Å². The molecule has 1 unspecified atom stereocenters. The molecule has 0 heterocycles. The van der Waals surface area contributed by atoms with Crippen molar-refractivity contribution < 1.29 is 19.7 Å². The summed E-state index contributed by atoms with van der Waals surface area (Å²) in [4.78, 5) is 27.3. The average Bonchev–Trinajstić information content (AvgIpc) is 2.16. The van der Waals surface area contributed by atoms with Crippen molar-refractivity contribution in [1.29, 1.82) is 0 Å². The van der Waals surface area contributed by atoms with Crippen molar-refractivity contribution in [2.75, 3.05) is 0 Å². The quantitative estimate of drug-likeness (QED) is 0.476. The Bertz CT molecular complexity index is 307. The molecule has 0 aromatic rings. The lowest BCUT2D eigenvalue weighted by Crippen LogP contribution is -2.46. The predicted molar refractivity (Wildman–Crippen MR) is 60.7 cm³/mol. The number of carbonyl (C=O) groups is 1. The first-order valence-electron chi connectivity index (χ1n) is 4.23. The molecular weight excluding hydrogens is 279 g/mol. The first kappa shape index (κ1) is 18.2. The van der Waals surface area contributed by atoms with Crippen LogP contribution < -0.4 is 0 Å². The Labute approximate surface area is 107 Å². The van der Waals surface area contributed by atoms with Gasteiger partial charge in [-0.25, -0.2) is 4.79 Å². The third kappa shape index (κ3) is 6.90. The Morgan fingerprint density at radius 3 is 1.65 bits per heavy atom. The largest absolute Gasteiger partial charge is 0.479 e. The molecule has 0 radical (unpaired) electrons. The maximum atomic E-state index is 10.3.